The Bertz CT molecular complexity index is 575. The third kappa shape index (κ3) is 6.82. The van der Waals surface area contributed by atoms with Gasteiger partial charge in [-0.3, -0.25) is 9.59 Å². The van der Waals surface area contributed by atoms with Crippen LogP contribution >= 0.6 is 0 Å². The molecule has 1 aromatic rings. The first-order valence-corrected chi connectivity index (χ1v) is 8.37. The van der Waals surface area contributed by atoms with E-state index in [1.54, 1.807) is 12.1 Å². The van der Waals surface area contributed by atoms with Gasteiger partial charge in [-0.2, -0.15) is 0 Å². The van der Waals surface area contributed by atoms with Crippen molar-refractivity contribution in [2.45, 2.75) is 33.2 Å². The van der Waals surface area contributed by atoms with E-state index in [2.05, 4.69) is 15.4 Å². The molecule has 0 saturated heterocycles. The topological polar surface area (TPSA) is 87.7 Å². The van der Waals surface area contributed by atoms with E-state index in [1.165, 1.54) is 12.0 Å². The van der Waals surface area contributed by atoms with Gasteiger partial charge in [0, 0.05) is 12.2 Å². The van der Waals surface area contributed by atoms with Crippen LogP contribution in [0.15, 0.2) is 30.3 Å². The number of hydrogen-bond acceptors (Lipinski definition) is 4. The molecule has 0 bridgehead atoms. The molecule has 138 valence electrons. The van der Waals surface area contributed by atoms with Crippen LogP contribution in [0.1, 0.15) is 27.2 Å². The summed E-state index contributed by atoms with van der Waals surface area (Å²) in [5.41, 5.74) is 0.671. The number of alkyl carbamates (subject to hydrolysis) is 1. The quantitative estimate of drug-likeness (QED) is 0.753. The van der Waals surface area contributed by atoms with Crippen LogP contribution in [0.3, 0.4) is 0 Å². The van der Waals surface area contributed by atoms with Gasteiger partial charge in [-0.25, -0.2) is 4.79 Å². The molecule has 0 saturated carbocycles. The molecule has 7 nitrogen and oxygen atoms in total. The SMILES string of the molecule is CCCN(CC(=O)Nc1ccccc1)C(=O)[C@@H](NC(=O)OC)C(C)C. The van der Waals surface area contributed by atoms with Gasteiger partial charge < -0.3 is 20.3 Å². The lowest BCUT2D eigenvalue weighted by Crippen LogP contribution is -2.52. The summed E-state index contributed by atoms with van der Waals surface area (Å²) in [5, 5.41) is 5.30. The Labute approximate surface area is 148 Å². The summed E-state index contributed by atoms with van der Waals surface area (Å²) < 4.78 is 4.58. The van der Waals surface area contributed by atoms with Crippen molar-refractivity contribution in [2.75, 3.05) is 25.5 Å². The van der Waals surface area contributed by atoms with Gasteiger partial charge in [0.05, 0.1) is 13.7 Å². The smallest absolute Gasteiger partial charge is 0.407 e. The molecule has 25 heavy (non-hydrogen) atoms. The first kappa shape index (κ1) is 20.5. The highest BCUT2D eigenvalue weighted by atomic mass is 16.5. The Morgan fingerprint density at radius 3 is 2.32 bits per heavy atom. The van der Waals surface area contributed by atoms with Gasteiger partial charge in [0.1, 0.15) is 6.04 Å². The normalized spacial score (nSPS) is 11.6. The van der Waals surface area contributed by atoms with Gasteiger partial charge in [-0.05, 0) is 24.5 Å². The van der Waals surface area contributed by atoms with Crippen LogP contribution in [0.25, 0.3) is 0 Å². The van der Waals surface area contributed by atoms with Crippen molar-refractivity contribution in [1.29, 1.82) is 0 Å². The summed E-state index contributed by atoms with van der Waals surface area (Å²) >= 11 is 0. The minimum atomic E-state index is -0.747. The number of amides is 3. The molecule has 7 heteroatoms. The van der Waals surface area contributed by atoms with E-state index in [9.17, 15) is 14.4 Å². The maximum Gasteiger partial charge on any atom is 0.407 e. The molecule has 1 rings (SSSR count). The minimum Gasteiger partial charge on any atom is -0.453 e. The molecular formula is C18H27N3O4. The number of methoxy groups -OCH3 is 1. The number of para-hydroxylation sites is 1. The largest absolute Gasteiger partial charge is 0.453 e. The average molecular weight is 349 g/mol. The molecule has 3 amide bonds. The van der Waals surface area contributed by atoms with E-state index >= 15 is 0 Å². The lowest BCUT2D eigenvalue weighted by molar-refractivity contribution is -0.137. The first-order valence-electron chi connectivity index (χ1n) is 8.37. The number of nitrogens with one attached hydrogen (secondary N) is 2. The Balaban J connectivity index is 2.79. The number of benzene rings is 1. The van der Waals surface area contributed by atoms with Crippen LogP contribution in [-0.4, -0.2) is 49.0 Å². The molecule has 0 unspecified atom stereocenters. The number of nitrogens with zero attached hydrogens (tertiary/aromatic N) is 1. The maximum absolute atomic E-state index is 12.8. The predicted molar refractivity (Wildman–Crippen MR) is 96.1 cm³/mol. The predicted octanol–water partition coefficient (Wildman–Crippen LogP) is 2.24. The van der Waals surface area contributed by atoms with Crippen molar-refractivity contribution >= 4 is 23.6 Å². The molecule has 1 aromatic carbocycles. The average Bonchev–Trinajstić information content (AvgIpc) is 2.59. The van der Waals surface area contributed by atoms with Gasteiger partial charge in [-0.15, -0.1) is 0 Å². The van der Waals surface area contributed by atoms with E-state index in [0.29, 0.717) is 18.7 Å². The summed E-state index contributed by atoms with van der Waals surface area (Å²) in [4.78, 5) is 38.0. The second kappa shape index (κ2) is 10.3. The van der Waals surface area contributed by atoms with Gasteiger partial charge >= 0.3 is 6.09 Å². The summed E-state index contributed by atoms with van der Waals surface area (Å²) in [7, 11) is 1.24. The van der Waals surface area contributed by atoms with Crippen LogP contribution < -0.4 is 10.6 Å². The molecule has 0 aliphatic rings. The molecular weight excluding hydrogens is 322 g/mol. The number of carbonyl (C=O) groups excluding carboxylic acids is 3. The third-order valence-electron chi connectivity index (χ3n) is 3.59. The van der Waals surface area contributed by atoms with E-state index < -0.39 is 12.1 Å². The molecule has 1 atom stereocenters. The fourth-order valence-corrected chi connectivity index (χ4v) is 2.33. The minimum absolute atomic E-state index is 0.0758. The summed E-state index contributed by atoms with van der Waals surface area (Å²) in [6.07, 6.45) is 0.0326. The lowest BCUT2D eigenvalue weighted by atomic mass is 10.0. The van der Waals surface area contributed by atoms with Crippen molar-refractivity contribution in [2.24, 2.45) is 5.92 Å². The fraction of sp³-hybridized carbons (Fsp3) is 0.500. The Hall–Kier alpha value is -2.57. The maximum atomic E-state index is 12.8. The third-order valence-corrected chi connectivity index (χ3v) is 3.59. The van der Waals surface area contributed by atoms with Crippen LogP contribution in [0.5, 0.6) is 0 Å². The molecule has 0 fully saturated rings. The summed E-state index contributed by atoms with van der Waals surface area (Å²) in [6.45, 7) is 5.92. The zero-order valence-electron chi connectivity index (χ0n) is 15.2. The van der Waals surface area contributed by atoms with Crippen molar-refractivity contribution < 1.29 is 19.1 Å². The number of carbonyl (C=O) groups is 3. The van der Waals surface area contributed by atoms with E-state index in [0.717, 1.165) is 0 Å². The van der Waals surface area contributed by atoms with Crippen LogP contribution in [-0.2, 0) is 14.3 Å². The van der Waals surface area contributed by atoms with Crippen molar-refractivity contribution in [3.63, 3.8) is 0 Å². The number of hydrogen-bond donors (Lipinski definition) is 2. The Kier molecular flexibility index (Phi) is 8.46. The highest BCUT2D eigenvalue weighted by Crippen LogP contribution is 2.09. The van der Waals surface area contributed by atoms with E-state index in [4.69, 9.17) is 0 Å². The lowest BCUT2D eigenvalue weighted by Gasteiger charge is -2.29. The zero-order valence-corrected chi connectivity index (χ0v) is 15.2. The Morgan fingerprint density at radius 2 is 1.80 bits per heavy atom. The fourth-order valence-electron chi connectivity index (χ4n) is 2.33. The molecule has 2 N–H and O–H groups in total. The molecule has 0 aliphatic heterocycles. The summed E-state index contributed by atoms with van der Waals surface area (Å²) in [6, 6.07) is 8.30. The second-order valence-corrected chi connectivity index (χ2v) is 6.03. The van der Waals surface area contributed by atoms with Crippen molar-refractivity contribution in [3.05, 3.63) is 30.3 Å². The van der Waals surface area contributed by atoms with Crippen LogP contribution in [0, 0.1) is 5.92 Å². The van der Waals surface area contributed by atoms with Gasteiger partial charge in [0.15, 0.2) is 0 Å². The zero-order chi connectivity index (χ0) is 18.8. The number of rotatable bonds is 8. The molecule has 0 aromatic heterocycles. The van der Waals surface area contributed by atoms with Gasteiger partial charge in [-0.1, -0.05) is 39.0 Å². The monoisotopic (exact) mass is 349 g/mol. The van der Waals surface area contributed by atoms with E-state index in [-0.39, 0.29) is 24.3 Å². The first-order chi connectivity index (χ1) is 11.9. The summed E-state index contributed by atoms with van der Waals surface area (Å²) in [5.74, 6) is -0.720. The standard InChI is InChI=1S/C18H27N3O4/c1-5-11-21(12-15(22)19-14-9-7-6-8-10-14)17(23)16(13(2)3)20-18(24)25-4/h6-10,13,16H,5,11-12H2,1-4H3,(H,19,22)(H,20,24)/t16-/m0/s1. The van der Waals surface area contributed by atoms with Gasteiger partial charge in [0.25, 0.3) is 0 Å². The Morgan fingerprint density at radius 1 is 1.16 bits per heavy atom. The second-order valence-electron chi connectivity index (χ2n) is 6.03. The molecule has 0 aliphatic carbocycles. The van der Waals surface area contributed by atoms with Crippen LogP contribution in [0.4, 0.5) is 10.5 Å². The van der Waals surface area contributed by atoms with Gasteiger partial charge in [0.2, 0.25) is 11.8 Å². The molecule has 0 spiro atoms. The van der Waals surface area contributed by atoms with E-state index in [1.807, 2.05) is 39.0 Å². The van der Waals surface area contributed by atoms with Crippen molar-refractivity contribution in [1.82, 2.24) is 10.2 Å². The number of anilines is 1. The van der Waals surface area contributed by atoms with Crippen molar-refractivity contribution in [3.8, 4) is 0 Å². The molecule has 0 heterocycles. The molecule has 0 radical (unpaired) electrons. The number of ether oxygens (including phenoxy) is 1. The highest BCUT2D eigenvalue weighted by Gasteiger charge is 2.29. The highest BCUT2D eigenvalue weighted by molar-refractivity contribution is 5.95. The van der Waals surface area contributed by atoms with Crippen LogP contribution in [0.2, 0.25) is 0 Å².